The van der Waals surface area contributed by atoms with Crippen molar-refractivity contribution in [1.29, 1.82) is 0 Å². The summed E-state index contributed by atoms with van der Waals surface area (Å²) in [6.45, 7) is 6.23. The normalized spacial score (nSPS) is 17.2. The molecule has 4 aromatic rings. The fourth-order valence-electron chi connectivity index (χ4n) is 6.28. The van der Waals surface area contributed by atoms with Gasteiger partial charge in [-0.25, -0.2) is 0 Å². The molecule has 1 fully saturated rings. The maximum atomic E-state index is 13.3. The van der Waals surface area contributed by atoms with E-state index in [9.17, 15) is 4.79 Å². The Balaban J connectivity index is 1.21. The number of anilines is 1. The number of likely N-dealkylation sites (N-methyl/N-ethyl adjacent to an activating group) is 1. The molecule has 0 spiro atoms. The van der Waals surface area contributed by atoms with E-state index in [2.05, 4.69) is 69.6 Å². The Hall–Kier alpha value is -3.67. The van der Waals surface area contributed by atoms with Crippen molar-refractivity contribution in [2.75, 3.05) is 38.1 Å². The lowest BCUT2D eigenvalue weighted by Gasteiger charge is -2.38. The standard InChI is InChI=1S/C35H37ClN4O/c1-24-20-28(36)10-12-30(24)27-8-14-33(37-23-27)35(41)38-29-11-13-31-26(21-25-6-4-3-5-7-25)9-15-34(32(31)22-29)40-18-16-39(2)17-19-40/h3-10,12,14-15,20,23,29H,11,13,16-19,21-22H2,1-2H3,(H,38,41)/t29-/m0/s1. The molecule has 0 bridgehead atoms. The van der Waals surface area contributed by atoms with Crippen molar-refractivity contribution in [3.05, 3.63) is 118 Å². The van der Waals surface area contributed by atoms with E-state index in [0.717, 1.165) is 68.6 Å². The molecule has 6 rings (SSSR count). The molecule has 5 nitrogen and oxygen atoms in total. The Morgan fingerprint density at radius 2 is 1.78 bits per heavy atom. The number of benzene rings is 3. The molecule has 0 saturated carbocycles. The summed E-state index contributed by atoms with van der Waals surface area (Å²) in [5.74, 6) is -0.112. The Morgan fingerprint density at radius 1 is 0.976 bits per heavy atom. The summed E-state index contributed by atoms with van der Waals surface area (Å²) in [6, 6.07) is 25.1. The second-order valence-electron chi connectivity index (χ2n) is 11.5. The van der Waals surface area contributed by atoms with Crippen molar-refractivity contribution in [3.8, 4) is 11.1 Å². The number of aryl methyl sites for hydroxylation is 1. The van der Waals surface area contributed by atoms with E-state index in [1.165, 1.54) is 27.9 Å². The molecule has 1 aromatic heterocycles. The summed E-state index contributed by atoms with van der Waals surface area (Å²) in [4.78, 5) is 22.8. The molecule has 1 aliphatic carbocycles. The van der Waals surface area contributed by atoms with Crippen molar-refractivity contribution >= 4 is 23.2 Å². The molecule has 1 aliphatic heterocycles. The SMILES string of the molecule is Cc1cc(Cl)ccc1-c1ccc(C(=O)N[C@H]2CCc3c(Cc4ccccc4)ccc(N4CCN(C)CC4)c3C2)nc1. The van der Waals surface area contributed by atoms with E-state index >= 15 is 0 Å². The van der Waals surface area contributed by atoms with Crippen LogP contribution in [0.5, 0.6) is 0 Å². The summed E-state index contributed by atoms with van der Waals surface area (Å²) in [6.07, 6.45) is 5.45. The minimum absolute atomic E-state index is 0.0770. The zero-order chi connectivity index (χ0) is 28.3. The Morgan fingerprint density at radius 3 is 2.51 bits per heavy atom. The van der Waals surface area contributed by atoms with E-state index in [0.29, 0.717) is 10.7 Å². The van der Waals surface area contributed by atoms with E-state index < -0.39 is 0 Å². The van der Waals surface area contributed by atoms with E-state index in [1.54, 1.807) is 6.20 Å². The van der Waals surface area contributed by atoms with Crippen LogP contribution in [-0.4, -0.2) is 55.1 Å². The summed E-state index contributed by atoms with van der Waals surface area (Å²) < 4.78 is 0. The smallest absolute Gasteiger partial charge is 0.270 e. The van der Waals surface area contributed by atoms with Gasteiger partial charge < -0.3 is 15.1 Å². The number of carbonyl (C=O) groups excluding carboxylic acids is 1. The Labute approximate surface area is 248 Å². The molecule has 1 amide bonds. The fourth-order valence-corrected chi connectivity index (χ4v) is 6.51. The maximum Gasteiger partial charge on any atom is 0.270 e. The van der Waals surface area contributed by atoms with E-state index in [4.69, 9.17) is 11.6 Å². The van der Waals surface area contributed by atoms with Gasteiger partial charge in [0.1, 0.15) is 5.69 Å². The maximum absolute atomic E-state index is 13.3. The molecule has 3 aromatic carbocycles. The van der Waals surface area contributed by atoms with Crippen LogP contribution in [-0.2, 0) is 19.3 Å². The number of rotatable bonds is 6. The summed E-state index contributed by atoms with van der Waals surface area (Å²) in [5.41, 5.74) is 10.5. The highest BCUT2D eigenvalue weighted by Crippen LogP contribution is 2.35. The third-order valence-electron chi connectivity index (χ3n) is 8.61. The van der Waals surface area contributed by atoms with Crippen LogP contribution in [0.4, 0.5) is 5.69 Å². The Bertz CT molecular complexity index is 1530. The van der Waals surface area contributed by atoms with Gasteiger partial charge in [-0.3, -0.25) is 9.78 Å². The molecule has 0 radical (unpaired) electrons. The molecular formula is C35H37ClN4O. The second-order valence-corrected chi connectivity index (χ2v) is 11.9. The predicted molar refractivity (Wildman–Crippen MR) is 168 cm³/mol. The highest BCUT2D eigenvalue weighted by atomic mass is 35.5. The number of carbonyl (C=O) groups is 1. The second kappa shape index (κ2) is 12.1. The number of piperazine rings is 1. The predicted octanol–water partition coefficient (Wildman–Crippen LogP) is 6.34. The molecular weight excluding hydrogens is 528 g/mol. The summed E-state index contributed by atoms with van der Waals surface area (Å²) in [5, 5.41) is 4.03. The average molecular weight is 565 g/mol. The zero-order valence-corrected chi connectivity index (χ0v) is 24.6. The third kappa shape index (κ3) is 6.17. The van der Waals surface area contributed by atoms with Gasteiger partial charge in [0.05, 0.1) is 0 Å². The van der Waals surface area contributed by atoms with Gasteiger partial charge in [0.15, 0.2) is 0 Å². The minimum Gasteiger partial charge on any atom is -0.369 e. The molecule has 2 heterocycles. The zero-order valence-electron chi connectivity index (χ0n) is 23.9. The van der Waals surface area contributed by atoms with Crippen LogP contribution in [0.15, 0.2) is 79.0 Å². The first-order valence-electron chi connectivity index (χ1n) is 14.6. The number of hydrogen-bond acceptors (Lipinski definition) is 4. The lowest BCUT2D eigenvalue weighted by molar-refractivity contribution is 0.0928. The lowest BCUT2D eigenvalue weighted by atomic mass is 9.82. The first-order valence-corrected chi connectivity index (χ1v) is 15.0. The van der Waals surface area contributed by atoms with Gasteiger partial charge in [-0.15, -0.1) is 0 Å². The highest BCUT2D eigenvalue weighted by Gasteiger charge is 2.28. The van der Waals surface area contributed by atoms with Crippen LogP contribution in [0.1, 0.15) is 44.7 Å². The average Bonchev–Trinajstić information content (AvgIpc) is 2.98. The third-order valence-corrected chi connectivity index (χ3v) is 8.84. The van der Waals surface area contributed by atoms with E-state index in [1.807, 2.05) is 37.3 Å². The number of nitrogens with one attached hydrogen (secondary N) is 1. The molecule has 0 unspecified atom stereocenters. The molecule has 1 N–H and O–H groups in total. The number of pyridine rings is 1. The minimum atomic E-state index is -0.112. The molecule has 210 valence electrons. The lowest BCUT2D eigenvalue weighted by Crippen LogP contribution is -2.45. The van der Waals surface area contributed by atoms with Crippen molar-refractivity contribution in [1.82, 2.24) is 15.2 Å². The van der Waals surface area contributed by atoms with Crippen LogP contribution in [0, 0.1) is 6.92 Å². The van der Waals surface area contributed by atoms with Crippen LogP contribution >= 0.6 is 11.6 Å². The number of aromatic nitrogens is 1. The van der Waals surface area contributed by atoms with E-state index in [-0.39, 0.29) is 11.9 Å². The van der Waals surface area contributed by atoms with Crippen molar-refractivity contribution in [2.45, 2.75) is 38.6 Å². The fraction of sp³-hybridized carbons (Fsp3) is 0.314. The van der Waals surface area contributed by atoms with Gasteiger partial charge in [-0.1, -0.05) is 60.1 Å². The van der Waals surface area contributed by atoms with Gasteiger partial charge in [0.2, 0.25) is 0 Å². The van der Waals surface area contributed by atoms with Gasteiger partial charge in [-0.2, -0.15) is 0 Å². The molecule has 41 heavy (non-hydrogen) atoms. The number of amides is 1. The molecule has 6 heteroatoms. The van der Waals surface area contributed by atoms with Crippen LogP contribution in [0.25, 0.3) is 11.1 Å². The van der Waals surface area contributed by atoms with Crippen molar-refractivity contribution in [2.24, 2.45) is 0 Å². The molecule has 2 aliphatic rings. The number of hydrogen-bond donors (Lipinski definition) is 1. The number of halogens is 1. The highest BCUT2D eigenvalue weighted by molar-refractivity contribution is 6.30. The van der Waals surface area contributed by atoms with Crippen LogP contribution < -0.4 is 10.2 Å². The van der Waals surface area contributed by atoms with Gasteiger partial charge in [-0.05, 0) is 97.3 Å². The summed E-state index contributed by atoms with van der Waals surface area (Å²) >= 11 is 6.13. The molecule has 1 saturated heterocycles. The van der Waals surface area contributed by atoms with Gasteiger partial charge >= 0.3 is 0 Å². The van der Waals surface area contributed by atoms with Crippen LogP contribution in [0.3, 0.4) is 0 Å². The topological polar surface area (TPSA) is 48.5 Å². The first kappa shape index (κ1) is 27.5. The van der Waals surface area contributed by atoms with Crippen molar-refractivity contribution < 1.29 is 4.79 Å². The van der Waals surface area contributed by atoms with Crippen molar-refractivity contribution in [3.63, 3.8) is 0 Å². The monoisotopic (exact) mass is 564 g/mol. The largest absolute Gasteiger partial charge is 0.369 e. The van der Waals surface area contributed by atoms with Gasteiger partial charge in [0, 0.05) is 54.7 Å². The first-order chi connectivity index (χ1) is 19.9. The number of nitrogens with zero attached hydrogens (tertiary/aromatic N) is 3. The number of fused-ring (bicyclic) bond motifs is 1. The van der Waals surface area contributed by atoms with Gasteiger partial charge in [0.25, 0.3) is 5.91 Å². The molecule has 1 atom stereocenters. The Kier molecular flexibility index (Phi) is 8.09. The quantitative estimate of drug-likeness (QED) is 0.297. The van der Waals surface area contributed by atoms with Crippen LogP contribution in [0.2, 0.25) is 5.02 Å². The summed E-state index contributed by atoms with van der Waals surface area (Å²) in [7, 11) is 2.19.